The number of hydrogen-bond donors (Lipinski definition) is 1. The molecule has 2 nitrogen and oxygen atoms in total. The molecule has 0 heterocycles. The van der Waals surface area contributed by atoms with Crippen LogP contribution in [-0.4, -0.2) is 11.4 Å². The van der Waals surface area contributed by atoms with Crippen LogP contribution in [0.2, 0.25) is 0 Å². The van der Waals surface area contributed by atoms with Gasteiger partial charge in [-0.3, -0.25) is 0 Å². The molecule has 0 bridgehead atoms. The van der Waals surface area contributed by atoms with Crippen LogP contribution in [0.3, 0.4) is 0 Å². The maximum atomic E-state index is 8.26. The van der Waals surface area contributed by atoms with Crippen molar-refractivity contribution in [3.05, 3.63) is 12.8 Å². The first-order chi connectivity index (χ1) is 2.77. The van der Waals surface area contributed by atoms with E-state index >= 15 is 0 Å². The second-order valence-electron chi connectivity index (χ2n) is 0.902. The average Bonchev–Trinajstić information content (AvgIpc) is 1.35. The first kappa shape index (κ1) is 5.50. The van der Waals surface area contributed by atoms with Crippen molar-refractivity contribution >= 4 is 0 Å². The van der Waals surface area contributed by atoms with Gasteiger partial charge in [0.1, 0.15) is 0 Å². The fraction of sp³-hybridized carbons (Fsp3) is 0.500. The van der Waals surface area contributed by atoms with E-state index in [-0.39, 0.29) is 0 Å². The number of rotatable bonds is 2. The topological polar surface area (TPSA) is 29.5 Å². The van der Waals surface area contributed by atoms with Gasteiger partial charge in [-0.2, -0.15) is 0 Å². The minimum Gasteiger partial charge on any atom is -0.474 e. The zero-order valence-corrected chi connectivity index (χ0v) is 3.72. The number of aliphatic hydroxyl groups excluding tert-OH is 1. The van der Waals surface area contributed by atoms with Crippen molar-refractivity contribution in [3.63, 3.8) is 0 Å². The third-order valence-corrected chi connectivity index (χ3v) is 0.293. The van der Waals surface area contributed by atoms with Gasteiger partial charge in [-0.25, -0.2) is 0 Å². The van der Waals surface area contributed by atoms with E-state index in [1.54, 1.807) is 0 Å². The highest BCUT2D eigenvalue weighted by Crippen LogP contribution is 1.79. The molecule has 1 N–H and O–H groups in total. The van der Waals surface area contributed by atoms with E-state index in [2.05, 4.69) is 11.3 Å². The SMILES string of the molecule is C=COC(C)O. The lowest BCUT2D eigenvalue weighted by Crippen LogP contribution is -1.98. The third kappa shape index (κ3) is 3.50. The van der Waals surface area contributed by atoms with Crippen LogP contribution in [0.1, 0.15) is 6.92 Å². The summed E-state index contributed by atoms with van der Waals surface area (Å²) in [6, 6.07) is 0. The van der Waals surface area contributed by atoms with Crippen LogP contribution in [0.15, 0.2) is 12.8 Å². The minimum absolute atomic E-state index is 0.720. The van der Waals surface area contributed by atoms with E-state index in [9.17, 15) is 0 Å². The summed E-state index contributed by atoms with van der Waals surface area (Å²) in [4.78, 5) is 0. The van der Waals surface area contributed by atoms with Gasteiger partial charge in [0.2, 0.25) is 0 Å². The summed E-state index contributed by atoms with van der Waals surface area (Å²) in [5.74, 6) is 0. The van der Waals surface area contributed by atoms with Gasteiger partial charge in [-0.1, -0.05) is 6.58 Å². The lowest BCUT2D eigenvalue weighted by atomic mass is 10.8. The largest absolute Gasteiger partial charge is 0.474 e. The van der Waals surface area contributed by atoms with Crippen molar-refractivity contribution in [2.75, 3.05) is 0 Å². The Kier molecular flexibility index (Phi) is 2.50. The third-order valence-electron chi connectivity index (χ3n) is 0.293. The van der Waals surface area contributed by atoms with E-state index in [0.717, 1.165) is 0 Å². The molecular weight excluding hydrogens is 80.0 g/mol. The molecule has 0 aliphatic heterocycles. The van der Waals surface area contributed by atoms with E-state index in [1.165, 1.54) is 13.2 Å². The molecule has 0 aliphatic rings. The zero-order chi connectivity index (χ0) is 4.99. The highest BCUT2D eigenvalue weighted by atomic mass is 16.6. The summed E-state index contributed by atoms with van der Waals surface area (Å²) in [7, 11) is 0. The Bertz CT molecular complexity index is 40.8. The lowest BCUT2D eigenvalue weighted by molar-refractivity contribution is -0.0345. The summed E-state index contributed by atoms with van der Waals surface area (Å²) in [6.07, 6.45) is 0.479. The predicted molar refractivity (Wildman–Crippen MR) is 23.0 cm³/mol. The van der Waals surface area contributed by atoms with Crippen LogP contribution < -0.4 is 0 Å². The van der Waals surface area contributed by atoms with Crippen LogP contribution in [-0.2, 0) is 4.74 Å². The van der Waals surface area contributed by atoms with Gasteiger partial charge in [-0.05, 0) is 6.92 Å². The van der Waals surface area contributed by atoms with E-state index in [4.69, 9.17) is 5.11 Å². The Morgan fingerprint density at radius 2 is 2.50 bits per heavy atom. The van der Waals surface area contributed by atoms with Crippen molar-refractivity contribution < 1.29 is 9.84 Å². The van der Waals surface area contributed by atoms with Gasteiger partial charge >= 0.3 is 0 Å². The summed E-state index contributed by atoms with van der Waals surface area (Å²) >= 11 is 0. The molecule has 0 saturated heterocycles. The molecule has 0 aromatic rings. The highest BCUT2D eigenvalue weighted by molar-refractivity contribution is 4.47. The Labute approximate surface area is 37.1 Å². The molecule has 0 aromatic heterocycles. The van der Waals surface area contributed by atoms with Gasteiger partial charge < -0.3 is 9.84 Å². The molecule has 0 aliphatic carbocycles. The van der Waals surface area contributed by atoms with Crippen LogP contribution in [0.5, 0.6) is 0 Å². The standard InChI is InChI=1S/C4H8O2/c1-3-6-4(2)5/h3-5H,1H2,2H3. The van der Waals surface area contributed by atoms with Crippen molar-refractivity contribution in [1.82, 2.24) is 0 Å². The number of aliphatic hydroxyl groups is 1. The van der Waals surface area contributed by atoms with Crippen LogP contribution in [0.4, 0.5) is 0 Å². The molecule has 0 amide bonds. The van der Waals surface area contributed by atoms with Crippen LogP contribution >= 0.6 is 0 Å². The first-order valence-electron chi connectivity index (χ1n) is 1.72. The monoisotopic (exact) mass is 88.1 g/mol. The molecular formula is C4H8O2. The normalized spacial score (nSPS) is 13.0. The Hall–Kier alpha value is -0.500. The Morgan fingerprint density at radius 3 is 2.50 bits per heavy atom. The molecule has 0 fully saturated rings. The fourth-order valence-corrected chi connectivity index (χ4v) is 0.139. The van der Waals surface area contributed by atoms with Gasteiger partial charge in [-0.15, -0.1) is 0 Å². The molecule has 0 radical (unpaired) electrons. The van der Waals surface area contributed by atoms with Crippen molar-refractivity contribution in [1.29, 1.82) is 0 Å². The van der Waals surface area contributed by atoms with Crippen LogP contribution in [0, 0.1) is 0 Å². The second kappa shape index (κ2) is 2.72. The average molecular weight is 88.1 g/mol. The fourth-order valence-electron chi connectivity index (χ4n) is 0.139. The summed E-state index contributed by atoms with van der Waals surface area (Å²) < 4.78 is 4.36. The maximum absolute atomic E-state index is 8.26. The van der Waals surface area contributed by atoms with E-state index in [0.29, 0.717) is 0 Å². The minimum atomic E-state index is -0.720. The molecule has 6 heavy (non-hydrogen) atoms. The summed E-state index contributed by atoms with van der Waals surface area (Å²) in [6.45, 7) is 4.73. The first-order valence-corrected chi connectivity index (χ1v) is 1.72. The molecule has 2 heteroatoms. The van der Waals surface area contributed by atoms with E-state index < -0.39 is 6.29 Å². The quantitative estimate of drug-likeness (QED) is 0.393. The second-order valence-corrected chi connectivity index (χ2v) is 0.902. The zero-order valence-electron chi connectivity index (χ0n) is 3.72. The molecule has 36 valence electrons. The number of ether oxygens (including phenoxy) is 1. The highest BCUT2D eigenvalue weighted by Gasteiger charge is 1.82. The Balaban J connectivity index is 2.81. The van der Waals surface area contributed by atoms with Gasteiger partial charge in [0.05, 0.1) is 6.26 Å². The molecule has 0 spiro atoms. The summed E-state index contributed by atoms with van der Waals surface area (Å²) in [5.41, 5.74) is 0. The maximum Gasteiger partial charge on any atom is 0.193 e. The van der Waals surface area contributed by atoms with Gasteiger partial charge in [0, 0.05) is 0 Å². The van der Waals surface area contributed by atoms with Crippen molar-refractivity contribution in [2.24, 2.45) is 0 Å². The van der Waals surface area contributed by atoms with Gasteiger partial charge in [0.15, 0.2) is 6.29 Å². The molecule has 1 unspecified atom stereocenters. The number of hydrogen-bond acceptors (Lipinski definition) is 2. The smallest absolute Gasteiger partial charge is 0.193 e. The van der Waals surface area contributed by atoms with Crippen molar-refractivity contribution in [2.45, 2.75) is 13.2 Å². The predicted octanol–water partition coefficient (Wildman–Crippen LogP) is 0.485. The van der Waals surface area contributed by atoms with Crippen molar-refractivity contribution in [3.8, 4) is 0 Å². The van der Waals surface area contributed by atoms with Gasteiger partial charge in [0.25, 0.3) is 0 Å². The molecule has 1 atom stereocenters. The van der Waals surface area contributed by atoms with E-state index in [1.807, 2.05) is 0 Å². The van der Waals surface area contributed by atoms with Crippen LogP contribution in [0.25, 0.3) is 0 Å². The molecule has 0 rings (SSSR count). The Morgan fingerprint density at radius 1 is 2.00 bits per heavy atom. The molecule has 0 saturated carbocycles. The summed E-state index contributed by atoms with van der Waals surface area (Å²) in [5, 5.41) is 8.26. The molecule has 0 aromatic carbocycles. The lowest BCUT2D eigenvalue weighted by Gasteiger charge is -1.98.